The summed E-state index contributed by atoms with van der Waals surface area (Å²) in [6.07, 6.45) is 21.7. The Bertz CT molecular complexity index is 358. The van der Waals surface area contributed by atoms with Gasteiger partial charge in [-0.25, -0.2) is 5.01 Å². The molecule has 0 aromatic carbocycles. The van der Waals surface area contributed by atoms with Crippen molar-refractivity contribution in [1.29, 1.82) is 0 Å². The van der Waals surface area contributed by atoms with Crippen LogP contribution in [0.1, 0.15) is 70.6 Å². The standard InChI is InChI=1S/C18H30N2/c19-20(17-9-5-2-6-10-17)18-13-11-16(12-14-18)15-7-3-1-4-8-15/h3,7-8,16-18H,1-2,4-6,9-14,19H2. The quantitative estimate of drug-likeness (QED) is 0.613. The van der Waals surface area contributed by atoms with E-state index in [9.17, 15) is 0 Å². The van der Waals surface area contributed by atoms with E-state index in [1.807, 2.05) is 0 Å². The smallest absolute Gasteiger partial charge is 0.0244 e. The second kappa shape index (κ2) is 6.91. The topological polar surface area (TPSA) is 29.3 Å². The van der Waals surface area contributed by atoms with Gasteiger partial charge in [-0.1, -0.05) is 37.5 Å². The van der Waals surface area contributed by atoms with Crippen LogP contribution in [-0.4, -0.2) is 17.1 Å². The third-order valence-corrected chi connectivity index (χ3v) is 5.61. The maximum Gasteiger partial charge on any atom is 0.0244 e. The minimum absolute atomic E-state index is 0.641. The molecule has 2 N–H and O–H groups in total. The molecule has 0 saturated heterocycles. The van der Waals surface area contributed by atoms with E-state index in [0.717, 1.165) is 5.92 Å². The zero-order valence-corrected chi connectivity index (χ0v) is 12.8. The molecule has 2 heteroatoms. The molecular formula is C18H30N2. The summed E-state index contributed by atoms with van der Waals surface area (Å²) < 4.78 is 0. The van der Waals surface area contributed by atoms with Crippen LogP contribution in [0, 0.1) is 5.92 Å². The molecule has 0 aromatic heterocycles. The normalized spacial score (nSPS) is 32.4. The van der Waals surface area contributed by atoms with Crippen LogP contribution in [0.3, 0.4) is 0 Å². The Morgan fingerprint density at radius 3 is 2.20 bits per heavy atom. The average Bonchev–Trinajstić information content (AvgIpc) is 2.56. The van der Waals surface area contributed by atoms with E-state index in [1.165, 1.54) is 70.6 Å². The first kappa shape index (κ1) is 14.3. The highest BCUT2D eigenvalue weighted by molar-refractivity contribution is 5.25. The molecule has 2 saturated carbocycles. The Labute approximate surface area is 124 Å². The van der Waals surface area contributed by atoms with Crippen molar-refractivity contribution < 1.29 is 0 Å². The predicted octanol–water partition coefficient (Wildman–Crippen LogP) is 4.33. The molecule has 3 aliphatic rings. The van der Waals surface area contributed by atoms with E-state index < -0.39 is 0 Å². The van der Waals surface area contributed by atoms with Crippen LogP contribution in [0.25, 0.3) is 0 Å². The van der Waals surface area contributed by atoms with Crippen LogP contribution in [-0.2, 0) is 0 Å². The molecule has 3 aliphatic carbocycles. The number of nitrogens with zero attached hydrogens (tertiary/aromatic N) is 1. The predicted molar refractivity (Wildman–Crippen MR) is 85.1 cm³/mol. The van der Waals surface area contributed by atoms with Gasteiger partial charge in [0.05, 0.1) is 0 Å². The highest BCUT2D eigenvalue weighted by Gasteiger charge is 2.30. The van der Waals surface area contributed by atoms with Gasteiger partial charge in [0.2, 0.25) is 0 Å². The molecular weight excluding hydrogens is 244 g/mol. The second-order valence-corrected chi connectivity index (χ2v) is 6.93. The molecule has 2 fully saturated rings. The summed E-state index contributed by atoms with van der Waals surface area (Å²) in [6.45, 7) is 0. The minimum atomic E-state index is 0.641. The van der Waals surface area contributed by atoms with Crippen molar-refractivity contribution in [3.8, 4) is 0 Å². The van der Waals surface area contributed by atoms with Crippen LogP contribution >= 0.6 is 0 Å². The molecule has 20 heavy (non-hydrogen) atoms. The highest BCUT2D eigenvalue weighted by atomic mass is 15.4. The first-order valence-corrected chi connectivity index (χ1v) is 8.74. The number of hydrogen-bond acceptors (Lipinski definition) is 2. The molecule has 2 nitrogen and oxygen atoms in total. The fraction of sp³-hybridized carbons (Fsp3) is 0.778. The van der Waals surface area contributed by atoms with Crippen molar-refractivity contribution in [3.63, 3.8) is 0 Å². The van der Waals surface area contributed by atoms with Gasteiger partial charge in [-0.15, -0.1) is 0 Å². The van der Waals surface area contributed by atoms with Gasteiger partial charge in [0.1, 0.15) is 0 Å². The van der Waals surface area contributed by atoms with E-state index in [2.05, 4.69) is 23.2 Å². The van der Waals surface area contributed by atoms with Crippen LogP contribution in [0.5, 0.6) is 0 Å². The number of hydrogen-bond donors (Lipinski definition) is 1. The Morgan fingerprint density at radius 2 is 1.55 bits per heavy atom. The lowest BCUT2D eigenvalue weighted by Crippen LogP contribution is -2.50. The molecule has 0 radical (unpaired) electrons. The van der Waals surface area contributed by atoms with E-state index in [-0.39, 0.29) is 0 Å². The summed E-state index contributed by atoms with van der Waals surface area (Å²) in [5.41, 5.74) is 1.61. The molecule has 3 rings (SSSR count). The summed E-state index contributed by atoms with van der Waals surface area (Å²) in [5.74, 6) is 7.26. The van der Waals surface area contributed by atoms with Gasteiger partial charge in [-0.05, 0) is 62.9 Å². The fourth-order valence-corrected chi connectivity index (χ4v) is 4.32. The lowest BCUT2D eigenvalue weighted by molar-refractivity contribution is 0.0745. The summed E-state index contributed by atoms with van der Waals surface area (Å²) in [4.78, 5) is 0. The fourth-order valence-electron chi connectivity index (χ4n) is 4.32. The maximum atomic E-state index is 6.45. The van der Waals surface area contributed by atoms with Crippen LogP contribution < -0.4 is 5.84 Å². The van der Waals surface area contributed by atoms with Gasteiger partial charge >= 0.3 is 0 Å². The first-order valence-electron chi connectivity index (χ1n) is 8.74. The zero-order chi connectivity index (χ0) is 13.8. The zero-order valence-electron chi connectivity index (χ0n) is 12.8. The monoisotopic (exact) mass is 274 g/mol. The molecule has 0 aliphatic heterocycles. The Morgan fingerprint density at radius 1 is 0.850 bits per heavy atom. The van der Waals surface area contributed by atoms with Crippen molar-refractivity contribution in [2.45, 2.75) is 82.7 Å². The lowest BCUT2D eigenvalue weighted by atomic mass is 9.79. The molecule has 0 aromatic rings. The molecule has 0 amide bonds. The van der Waals surface area contributed by atoms with Crippen molar-refractivity contribution in [1.82, 2.24) is 5.01 Å². The minimum Gasteiger partial charge on any atom is -0.268 e. The Hall–Kier alpha value is -0.600. The van der Waals surface area contributed by atoms with Crippen LogP contribution in [0.2, 0.25) is 0 Å². The average molecular weight is 274 g/mol. The molecule has 0 bridgehead atoms. The third-order valence-electron chi connectivity index (χ3n) is 5.61. The van der Waals surface area contributed by atoms with Crippen LogP contribution in [0.15, 0.2) is 23.8 Å². The van der Waals surface area contributed by atoms with Crippen LogP contribution in [0.4, 0.5) is 0 Å². The summed E-state index contributed by atoms with van der Waals surface area (Å²) in [7, 11) is 0. The number of nitrogens with two attached hydrogens (primary N) is 1. The summed E-state index contributed by atoms with van der Waals surface area (Å²) >= 11 is 0. The summed E-state index contributed by atoms with van der Waals surface area (Å²) in [6, 6.07) is 1.31. The van der Waals surface area contributed by atoms with Gasteiger partial charge in [-0.3, -0.25) is 5.84 Å². The molecule has 0 atom stereocenters. The number of allylic oxidation sites excluding steroid dienone is 4. The molecule has 0 unspecified atom stereocenters. The van der Waals surface area contributed by atoms with Gasteiger partial charge < -0.3 is 0 Å². The second-order valence-electron chi connectivity index (χ2n) is 6.93. The van der Waals surface area contributed by atoms with E-state index in [1.54, 1.807) is 5.57 Å². The first-order chi connectivity index (χ1) is 9.84. The number of hydrazine groups is 1. The maximum absolute atomic E-state index is 6.45. The van der Waals surface area contributed by atoms with Gasteiger partial charge in [0.15, 0.2) is 0 Å². The molecule has 0 spiro atoms. The van der Waals surface area contributed by atoms with Crippen molar-refractivity contribution in [3.05, 3.63) is 23.8 Å². The Kier molecular flexibility index (Phi) is 4.95. The van der Waals surface area contributed by atoms with E-state index in [0.29, 0.717) is 12.1 Å². The van der Waals surface area contributed by atoms with E-state index >= 15 is 0 Å². The molecule has 112 valence electrons. The third kappa shape index (κ3) is 3.35. The lowest BCUT2D eigenvalue weighted by Gasteiger charge is -2.40. The highest BCUT2D eigenvalue weighted by Crippen LogP contribution is 2.35. The SMILES string of the molecule is NN(C1CCCCC1)C1CCC(C2=CCCC=C2)CC1. The largest absolute Gasteiger partial charge is 0.268 e. The number of rotatable bonds is 3. The molecule has 0 heterocycles. The van der Waals surface area contributed by atoms with Crippen molar-refractivity contribution in [2.75, 3.05) is 0 Å². The van der Waals surface area contributed by atoms with Gasteiger partial charge in [-0.2, -0.15) is 0 Å². The Balaban J connectivity index is 1.50. The van der Waals surface area contributed by atoms with Gasteiger partial charge in [0.25, 0.3) is 0 Å². The van der Waals surface area contributed by atoms with Crippen molar-refractivity contribution in [2.24, 2.45) is 11.8 Å². The van der Waals surface area contributed by atoms with Gasteiger partial charge in [0, 0.05) is 12.1 Å². The van der Waals surface area contributed by atoms with Crippen molar-refractivity contribution >= 4 is 0 Å². The summed E-state index contributed by atoms with van der Waals surface area (Å²) in [5, 5.41) is 2.25. The van der Waals surface area contributed by atoms with E-state index in [4.69, 9.17) is 5.84 Å².